The van der Waals surface area contributed by atoms with Crippen LogP contribution in [0.5, 0.6) is 0 Å². The quantitative estimate of drug-likeness (QED) is 0.777. The standard InChI is InChI=1S/C12H17NO4/c1-16-7-10(17-2)8-5-3-4-6-9(8)11(13)12(14)15/h3-6,10-11H,7,13H2,1-2H3,(H,14,15). The molecule has 94 valence electrons. The molecule has 0 radical (unpaired) electrons. The van der Waals surface area contributed by atoms with Crippen molar-refractivity contribution in [2.24, 2.45) is 5.73 Å². The molecule has 0 fully saturated rings. The fourth-order valence-electron chi connectivity index (χ4n) is 1.66. The molecule has 0 saturated carbocycles. The lowest BCUT2D eigenvalue weighted by molar-refractivity contribution is -0.138. The summed E-state index contributed by atoms with van der Waals surface area (Å²) in [5.41, 5.74) is 6.92. The molecular formula is C12H17NO4. The first-order chi connectivity index (χ1) is 8.11. The summed E-state index contributed by atoms with van der Waals surface area (Å²) in [5, 5.41) is 8.95. The minimum atomic E-state index is -1.07. The van der Waals surface area contributed by atoms with Gasteiger partial charge in [-0.2, -0.15) is 0 Å². The summed E-state index contributed by atoms with van der Waals surface area (Å²) in [6, 6.07) is 6.00. The van der Waals surface area contributed by atoms with Gasteiger partial charge < -0.3 is 20.3 Å². The Kier molecular flexibility index (Phi) is 5.09. The molecule has 0 spiro atoms. The highest BCUT2D eigenvalue weighted by molar-refractivity contribution is 5.75. The molecule has 17 heavy (non-hydrogen) atoms. The molecule has 0 aliphatic rings. The molecule has 2 atom stereocenters. The van der Waals surface area contributed by atoms with Crippen LogP contribution in [0.25, 0.3) is 0 Å². The number of benzene rings is 1. The molecule has 0 amide bonds. The Morgan fingerprint density at radius 2 is 1.94 bits per heavy atom. The van der Waals surface area contributed by atoms with Gasteiger partial charge in [0.2, 0.25) is 0 Å². The number of carboxylic acid groups (broad SMARTS) is 1. The van der Waals surface area contributed by atoms with E-state index in [-0.39, 0.29) is 6.10 Å². The first kappa shape index (κ1) is 13.6. The highest BCUT2D eigenvalue weighted by Crippen LogP contribution is 2.25. The van der Waals surface area contributed by atoms with Gasteiger partial charge in [0.1, 0.15) is 12.1 Å². The number of hydrogen-bond acceptors (Lipinski definition) is 4. The van der Waals surface area contributed by atoms with Crippen molar-refractivity contribution in [2.75, 3.05) is 20.8 Å². The van der Waals surface area contributed by atoms with Crippen LogP contribution in [0.1, 0.15) is 23.3 Å². The summed E-state index contributed by atoms with van der Waals surface area (Å²) in [6.07, 6.45) is -0.318. The average Bonchev–Trinajstić information content (AvgIpc) is 2.35. The normalized spacial score (nSPS) is 14.3. The average molecular weight is 239 g/mol. The minimum absolute atomic E-state index is 0.318. The third-order valence-corrected chi connectivity index (χ3v) is 2.55. The van der Waals surface area contributed by atoms with Crippen LogP contribution < -0.4 is 5.73 Å². The van der Waals surface area contributed by atoms with Crippen LogP contribution >= 0.6 is 0 Å². The van der Waals surface area contributed by atoms with Crippen LogP contribution in [0.15, 0.2) is 24.3 Å². The molecule has 1 aromatic rings. The van der Waals surface area contributed by atoms with Gasteiger partial charge in [-0.3, -0.25) is 4.79 Å². The first-order valence-electron chi connectivity index (χ1n) is 5.20. The number of aliphatic carboxylic acids is 1. The second-order valence-corrected chi connectivity index (χ2v) is 3.62. The van der Waals surface area contributed by atoms with E-state index in [1.807, 2.05) is 6.07 Å². The van der Waals surface area contributed by atoms with Gasteiger partial charge in [0, 0.05) is 14.2 Å². The highest BCUT2D eigenvalue weighted by atomic mass is 16.5. The van der Waals surface area contributed by atoms with Gasteiger partial charge in [-0.05, 0) is 11.1 Å². The Morgan fingerprint density at radius 3 is 2.41 bits per heavy atom. The Labute approximate surface area is 100 Å². The van der Waals surface area contributed by atoms with Gasteiger partial charge in [0.25, 0.3) is 0 Å². The molecule has 0 aromatic heterocycles. The molecular weight excluding hydrogens is 222 g/mol. The summed E-state index contributed by atoms with van der Waals surface area (Å²) in [4.78, 5) is 10.9. The zero-order valence-corrected chi connectivity index (χ0v) is 9.92. The number of hydrogen-bond donors (Lipinski definition) is 2. The summed E-state index contributed by atoms with van der Waals surface area (Å²) in [6.45, 7) is 0.347. The van der Waals surface area contributed by atoms with Crippen LogP contribution in [-0.4, -0.2) is 31.9 Å². The zero-order valence-electron chi connectivity index (χ0n) is 9.92. The molecule has 0 heterocycles. The SMILES string of the molecule is COCC(OC)c1ccccc1C(N)C(=O)O. The Bertz CT molecular complexity index is 381. The van der Waals surface area contributed by atoms with Crippen molar-refractivity contribution in [3.8, 4) is 0 Å². The van der Waals surface area contributed by atoms with Crippen LogP contribution in [0.3, 0.4) is 0 Å². The van der Waals surface area contributed by atoms with Gasteiger partial charge in [-0.25, -0.2) is 0 Å². The van der Waals surface area contributed by atoms with E-state index in [9.17, 15) is 4.79 Å². The van der Waals surface area contributed by atoms with Crippen molar-refractivity contribution in [1.29, 1.82) is 0 Å². The number of carbonyl (C=O) groups is 1. The van der Waals surface area contributed by atoms with E-state index in [1.54, 1.807) is 32.4 Å². The minimum Gasteiger partial charge on any atom is -0.480 e. The molecule has 2 unspecified atom stereocenters. The number of carboxylic acids is 1. The lowest BCUT2D eigenvalue weighted by Gasteiger charge is -2.20. The zero-order chi connectivity index (χ0) is 12.8. The third-order valence-electron chi connectivity index (χ3n) is 2.55. The van der Waals surface area contributed by atoms with E-state index < -0.39 is 12.0 Å². The summed E-state index contributed by atoms with van der Waals surface area (Å²) < 4.78 is 10.3. The van der Waals surface area contributed by atoms with E-state index in [0.29, 0.717) is 12.2 Å². The maximum atomic E-state index is 10.9. The van der Waals surface area contributed by atoms with Crippen molar-refractivity contribution in [3.05, 3.63) is 35.4 Å². The number of nitrogens with two attached hydrogens (primary N) is 1. The van der Waals surface area contributed by atoms with Crippen LogP contribution in [0, 0.1) is 0 Å². The van der Waals surface area contributed by atoms with E-state index >= 15 is 0 Å². The Hall–Kier alpha value is -1.43. The van der Waals surface area contributed by atoms with Gasteiger partial charge in [0.15, 0.2) is 0 Å². The lowest BCUT2D eigenvalue weighted by atomic mass is 9.97. The van der Waals surface area contributed by atoms with Crippen LogP contribution in [0.4, 0.5) is 0 Å². The van der Waals surface area contributed by atoms with Crippen LogP contribution in [-0.2, 0) is 14.3 Å². The molecule has 0 saturated heterocycles. The predicted octanol–water partition coefficient (Wildman–Crippen LogP) is 1.10. The molecule has 0 aliphatic heterocycles. The van der Waals surface area contributed by atoms with Gasteiger partial charge in [-0.15, -0.1) is 0 Å². The van der Waals surface area contributed by atoms with E-state index in [4.69, 9.17) is 20.3 Å². The predicted molar refractivity (Wildman–Crippen MR) is 62.6 cm³/mol. The number of methoxy groups -OCH3 is 2. The van der Waals surface area contributed by atoms with Crippen LogP contribution in [0.2, 0.25) is 0 Å². The highest BCUT2D eigenvalue weighted by Gasteiger charge is 2.22. The molecule has 5 nitrogen and oxygen atoms in total. The molecule has 5 heteroatoms. The van der Waals surface area contributed by atoms with Crippen molar-refractivity contribution in [3.63, 3.8) is 0 Å². The van der Waals surface area contributed by atoms with Crippen molar-refractivity contribution < 1.29 is 19.4 Å². The largest absolute Gasteiger partial charge is 0.480 e. The smallest absolute Gasteiger partial charge is 0.325 e. The second kappa shape index (κ2) is 6.34. The van der Waals surface area contributed by atoms with Crippen molar-refractivity contribution in [1.82, 2.24) is 0 Å². The molecule has 1 aromatic carbocycles. The summed E-state index contributed by atoms with van der Waals surface area (Å²) in [5.74, 6) is -1.07. The van der Waals surface area contributed by atoms with E-state index in [0.717, 1.165) is 5.56 Å². The fourth-order valence-corrected chi connectivity index (χ4v) is 1.66. The topological polar surface area (TPSA) is 81.8 Å². The summed E-state index contributed by atoms with van der Waals surface area (Å²) in [7, 11) is 3.11. The lowest BCUT2D eigenvalue weighted by Crippen LogP contribution is -2.23. The van der Waals surface area contributed by atoms with E-state index in [2.05, 4.69) is 0 Å². The molecule has 1 rings (SSSR count). The second-order valence-electron chi connectivity index (χ2n) is 3.62. The van der Waals surface area contributed by atoms with Crippen molar-refractivity contribution in [2.45, 2.75) is 12.1 Å². The maximum Gasteiger partial charge on any atom is 0.325 e. The molecule has 0 aliphatic carbocycles. The number of rotatable bonds is 6. The molecule has 0 bridgehead atoms. The van der Waals surface area contributed by atoms with Gasteiger partial charge in [0.05, 0.1) is 6.61 Å². The Morgan fingerprint density at radius 1 is 1.35 bits per heavy atom. The molecule has 3 N–H and O–H groups in total. The Balaban J connectivity index is 3.09. The van der Waals surface area contributed by atoms with E-state index in [1.165, 1.54) is 0 Å². The maximum absolute atomic E-state index is 10.9. The van der Waals surface area contributed by atoms with Crippen molar-refractivity contribution >= 4 is 5.97 Å². The monoisotopic (exact) mass is 239 g/mol. The first-order valence-corrected chi connectivity index (χ1v) is 5.20. The third kappa shape index (κ3) is 3.26. The summed E-state index contributed by atoms with van der Waals surface area (Å²) >= 11 is 0. The fraction of sp³-hybridized carbons (Fsp3) is 0.417. The number of ether oxygens (including phenoxy) is 2. The van der Waals surface area contributed by atoms with Gasteiger partial charge >= 0.3 is 5.97 Å². The van der Waals surface area contributed by atoms with Gasteiger partial charge in [-0.1, -0.05) is 24.3 Å².